The van der Waals surface area contributed by atoms with Gasteiger partial charge >= 0.3 is 18.2 Å². The van der Waals surface area contributed by atoms with Crippen molar-refractivity contribution >= 4 is 52.8 Å². The highest BCUT2D eigenvalue weighted by molar-refractivity contribution is 6.32. The lowest BCUT2D eigenvalue weighted by Crippen LogP contribution is -2.50. The van der Waals surface area contributed by atoms with Gasteiger partial charge in [-0.2, -0.15) is 0 Å². The number of piperidine rings is 2. The van der Waals surface area contributed by atoms with Gasteiger partial charge in [0.2, 0.25) is 0 Å². The zero-order valence-electron chi connectivity index (χ0n) is 23.3. The van der Waals surface area contributed by atoms with Gasteiger partial charge in [-0.1, -0.05) is 23.2 Å². The highest BCUT2D eigenvalue weighted by atomic mass is 35.5. The van der Waals surface area contributed by atoms with E-state index in [9.17, 15) is 14.4 Å². The highest BCUT2D eigenvalue weighted by Crippen LogP contribution is 2.28. The van der Waals surface area contributed by atoms with Crippen molar-refractivity contribution in [1.29, 1.82) is 0 Å². The predicted molar refractivity (Wildman–Crippen MR) is 157 cm³/mol. The molecule has 0 saturated carbocycles. The molecular formula is C27H37Cl2N7O5. The third-order valence-electron chi connectivity index (χ3n) is 6.73. The second-order valence-corrected chi connectivity index (χ2v) is 10.1. The molecule has 4 rings (SSSR count). The Morgan fingerprint density at radius 1 is 0.902 bits per heavy atom. The second kappa shape index (κ2) is 16.1. The summed E-state index contributed by atoms with van der Waals surface area (Å²) in [6.45, 7) is 6.76. The van der Waals surface area contributed by atoms with Crippen LogP contribution in [0.5, 0.6) is 0 Å². The number of nitrogens with two attached hydrogens (primary N) is 1. The summed E-state index contributed by atoms with van der Waals surface area (Å²) in [5.74, 6) is 0. The van der Waals surface area contributed by atoms with E-state index in [2.05, 4.69) is 15.3 Å². The Hall–Kier alpha value is -3.51. The van der Waals surface area contributed by atoms with Crippen molar-refractivity contribution in [3.8, 4) is 0 Å². The van der Waals surface area contributed by atoms with Crippen LogP contribution in [0.25, 0.3) is 0 Å². The van der Waals surface area contributed by atoms with Gasteiger partial charge in [0.15, 0.2) is 10.3 Å². The number of primary amides is 1. The maximum absolute atomic E-state index is 11.8. The molecule has 0 aromatic carbocycles. The summed E-state index contributed by atoms with van der Waals surface area (Å²) in [6.07, 6.45) is 5.63. The summed E-state index contributed by atoms with van der Waals surface area (Å²) in [5.41, 5.74) is 6.84. The van der Waals surface area contributed by atoms with Crippen LogP contribution in [0.2, 0.25) is 10.3 Å². The molecule has 0 atom stereocenters. The number of hydrogen-bond acceptors (Lipinski definition) is 8. The molecule has 2 aromatic heterocycles. The van der Waals surface area contributed by atoms with Crippen LogP contribution in [0.3, 0.4) is 0 Å². The van der Waals surface area contributed by atoms with E-state index in [0.717, 1.165) is 18.5 Å². The number of urea groups is 1. The predicted octanol–water partition coefficient (Wildman–Crippen LogP) is 5.01. The van der Waals surface area contributed by atoms with Crippen LogP contribution in [0.15, 0.2) is 36.7 Å². The Bertz CT molecular complexity index is 1160. The molecule has 3 N–H and O–H groups in total. The molecule has 2 aromatic rings. The third kappa shape index (κ3) is 9.25. The molecule has 0 radical (unpaired) electrons. The normalized spacial score (nSPS) is 15.8. The topological polar surface area (TPSA) is 143 Å². The minimum Gasteiger partial charge on any atom is -0.450 e. The van der Waals surface area contributed by atoms with Crippen LogP contribution in [0, 0.1) is 0 Å². The minimum atomic E-state index is -0.579. The third-order valence-corrected chi connectivity index (χ3v) is 7.32. The number of nitrogens with zero attached hydrogens (tertiary/aromatic N) is 5. The molecule has 4 heterocycles. The van der Waals surface area contributed by atoms with Crippen LogP contribution in [-0.4, -0.2) is 89.5 Å². The Morgan fingerprint density at radius 2 is 1.41 bits per heavy atom. The molecule has 12 nitrogen and oxygen atoms in total. The number of amides is 4. The standard InChI is InChI=1S/C14H19ClN4O3.C13H18ClN3O2/c1-2-22-14(21)18-8-5-10(6-9-18)19(13(16)20)11-4-3-7-17-12(11)15;1-2-19-13(18)17-8-5-10(6-9-17)16-11-4-3-7-15-12(11)14/h3-4,7,10H,2,5-6,8-9H2,1H3,(H2,16,20);3-4,7,10,16H,2,5-6,8-9H2,1H3. The Labute approximate surface area is 250 Å². The smallest absolute Gasteiger partial charge is 0.409 e. The van der Waals surface area contributed by atoms with Gasteiger partial charge in [-0.25, -0.2) is 24.4 Å². The lowest BCUT2D eigenvalue weighted by atomic mass is 10.0. The van der Waals surface area contributed by atoms with Crippen LogP contribution in [-0.2, 0) is 9.47 Å². The lowest BCUT2D eigenvalue weighted by molar-refractivity contribution is 0.0968. The summed E-state index contributed by atoms with van der Waals surface area (Å²) < 4.78 is 9.97. The van der Waals surface area contributed by atoms with Gasteiger partial charge in [0.25, 0.3) is 0 Å². The highest BCUT2D eigenvalue weighted by Gasteiger charge is 2.31. The van der Waals surface area contributed by atoms with E-state index >= 15 is 0 Å². The van der Waals surface area contributed by atoms with Crippen LogP contribution in [0.1, 0.15) is 39.5 Å². The summed E-state index contributed by atoms with van der Waals surface area (Å²) in [5, 5.41) is 4.08. The van der Waals surface area contributed by atoms with Crippen LogP contribution in [0.4, 0.5) is 25.8 Å². The van der Waals surface area contributed by atoms with E-state index in [1.165, 1.54) is 4.90 Å². The quantitative estimate of drug-likeness (QED) is 0.435. The van der Waals surface area contributed by atoms with E-state index < -0.39 is 6.03 Å². The number of carbonyl (C=O) groups excluding carboxylic acids is 3. The summed E-state index contributed by atoms with van der Waals surface area (Å²) >= 11 is 12.1. The number of anilines is 2. The molecule has 0 unspecified atom stereocenters. The molecular weight excluding hydrogens is 573 g/mol. The number of likely N-dealkylation sites (tertiary alicyclic amines) is 2. The molecule has 4 amide bonds. The fourth-order valence-corrected chi connectivity index (χ4v) is 5.09. The first kappa shape index (κ1) is 32.0. The molecule has 0 bridgehead atoms. The fourth-order valence-electron chi connectivity index (χ4n) is 4.71. The number of pyridine rings is 2. The molecule has 224 valence electrons. The van der Waals surface area contributed by atoms with Gasteiger partial charge < -0.3 is 30.3 Å². The van der Waals surface area contributed by atoms with Gasteiger partial charge in [-0.05, 0) is 63.8 Å². The Morgan fingerprint density at radius 3 is 1.90 bits per heavy atom. The zero-order chi connectivity index (χ0) is 29.8. The SMILES string of the molecule is CCOC(=O)N1CCC(N(C(N)=O)c2cccnc2Cl)CC1.CCOC(=O)N1CCC(Nc2cccnc2Cl)CC1. The zero-order valence-corrected chi connectivity index (χ0v) is 24.8. The maximum atomic E-state index is 11.8. The minimum absolute atomic E-state index is 0.120. The molecule has 0 spiro atoms. The van der Waals surface area contributed by atoms with Crippen molar-refractivity contribution in [2.75, 3.05) is 49.6 Å². The average molecular weight is 611 g/mol. The number of halogens is 2. The van der Waals surface area contributed by atoms with Crippen LogP contribution < -0.4 is 16.0 Å². The number of rotatable bonds is 6. The summed E-state index contributed by atoms with van der Waals surface area (Å²) in [7, 11) is 0. The monoisotopic (exact) mass is 609 g/mol. The van der Waals surface area contributed by atoms with Gasteiger partial charge in [0, 0.05) is 50.7 Å². The first-order chi connectivity index (χ1) is 19.7. The molecule has 2 aliphatic rings. The van der Waals surface area contributed by atoms with E-state index in [0.29, 0.717) is 69.1 Å². The van der Waals surface area contributed by atoms with Crippen molar-refractivity contribution in [2.24, 2.45) is 5.73 Å². The van der Waals surface area contributed by atoms with E-state index in [4.69, 9.17) is 38.4 Å². The van der Waals surface area contributed by atoms with Crippen LogP contribution >= 0.6 is 23.2 Å². The molecule has 2 aliphatic heterocycles. The van der Waals surface area contributed by atoms with E-state index in [-0.39, 0.29) is 23.4 Å². The number of nitrogens with one attached hydrogen (secondary N) is 1. The molecule has 41 heavy (non-hydrogen) atoms. The molecule has 0 aliphatic carbocycles. The number of hydrogen-bond donors (Lipinski definition) is 2. The van der Waals surface area contributed by atoms with E-state index in [1.54, 1.807) is 41.2 Å². The number of ether oxygens (including phenoxy) is 2. The Kier molecular flexibility index (Phi) is 12.5. The molecule has 2 fully saturated rings. The Balaban J connectivity index is 0.000000228. The largest absolute Gasteiger partial charge is 0.450 e. The number of carbonyl (C=O) groups is 3. The van der Waals surface area contributed by atoms with Gasteiger partial charge in [0.1, 0.15) is 0 Å². The maximum Gasteiger partial charge on any atom is 0.409 e. The molecule has 2 saturated heterocycles. The van der Waals surface area contributed by atoms with Gasteiger partial charge in [-0.3, -0.25) is 4.90 Å². The van der Waals surface area contributed by atoms with Crippen molar-refractivity contribution < 1.29 is 23.9 Å². The molecule has 14 heteroatoms. The second-order valence-electron chi connectivity index (χ2n) is 9.39. The average Bonchev–Trinajstić information content (AvgIpc) is 2.97. The van der Waals surface area contributed by atoms with Crippen molar-refractivity contribution in [3.05, 3.63) is 47.0 Å². The van der Waals surface area contributed by atoms with Crippen molar-refractivity contribution in [3.63, 3.8) is 0 Å². The fraction of sp³-hybridized carbons (Fsp3) is 0.519. The summed E-state index contributed by atoms with van der Waals surface area (Å²) in [6, 6.07) is 6.78. The number of aromatic nitrogens is 2. The van der Waals surface area contributed by atoms with Gasteiger partial charge in [-0.15, -0.1) is 0 Å². The summed E-state index contributed by atoms with van der Waals surface area (Å²) in [4.78, 5) is 47.9. The van der Waals surface area contributed by atoms with E-state index in [1.807, 2.05) is 19.1 Å². The first-order valence-electron chi connectivity index (χ1n) is 13.6. The van der Waals surface area contributed by atoms with Gasteiger partial charge in [0.05, 0.1) is 24.6 Å². The van der Waals surface area contributed by atoms with Crippen molar-refractivity contribution in [1.82, 2.24) is 19.8 Å². The van der Waals surface area contributed by atoms with Crippen molar-refractivity contribution in [2.45, 2.75) is 51.6 Å². The lowest BCUT2D eigenvalue weighted by Gasteiger charge is -2.37. The first-order valence-corrected chi connectivity index (χ1v) is 14.4.